The van der Waals surface area contributed by atoms with Crippen molar-refractivity contribution in [3.8, 4) is 11.8 Å². The minimum Gasteiger partial charge on any atom is -0.481 e. The minimum absolute atomic E-state index is 0.163. The zero-order valence-electron chi connectivity index (χ0n) is 7.05. The number of aliphatic carboxylic acids is 1. The fraction of sp³-hybridized carbons (Fsp3) is 0.100. The van der Waals surface area contributed by atoms with Gasteiger partial charge < -0.3 is 5.11 Å². The predicted molar refractivity (Wildman–Crippen MR) is 58.3 cm³/mol. The first kappa shape index (κ1) is 11.1. The molecule has 1 N–H and O–H groups in total. The molecule has 0 heterocycles. The van der Waals surface area contributed by atoms with Crippen LogP contribution in [0.2, 0.25) is 5.02 Å². The van der Waals surface area contributed by atoms with E-state index >= 15 is 0 Å². The molecule has 0 saturated carbocycles. The van der Waals surface area contributed by atoms with Crippen LogP contribution in [0.25, 0.3) is 0 Å². The van der Waals surface area contributed by atoms with Gasteiger partial charge in [-0.2, -0.15) is 0 Å². The second kappa shape index (κ2) is 5.04. The van der Waals surface area contributed by atoms with Gasteiger partial charge in [-0.15, -0.1) is 0 Å². The van der Waals surface area contributed by atoms with Crippen molar-refractivity contribution in [2.75, 3.05) is 0 Å². The van der Waals surface area contributed by atoms with Crippen molar-refractivity contribution in [3.63, 3.8) is 0 Å². The Kier molecular flexibility index (Phi) is 3.99. The van der Waals surface area contributed by atoms with E-state index in [1.54, 1.807) is 18.2 Å². The predicted octanol–water partition coefficient (Wildman–Crippen LogP) is 2.93. The topological polar surface area (TPSA) is 37.3 Å². The third kappa shape index (κ3) is 3.82. The second-order valence-corrected chi connectivity index (χ2v) is 3.88. The van der Waals surface area contributed by atoms with Gasteiger partial charge in [0.05, 0.1) is 0 Å². The Bertz CT molecular complexity index is 398. The van der Waals surface area contributed by atoms with Gasteiger partial charge >= 0.3 is 5.97 Å². The third-order valence-electron chi connectivity index (χ3n) is 1.33. The number of carboxylic acid groups (broad SMARTS) is 1. The average Bonchev–Trinajstić information content (AvgIpc) is 2.01. The van der Waals surface area contributed by atoms with Crippen molar-refractivity contribution in [2.45, 2.75) is 6.42 Å². The van der Waals surface area contributed by atoms with Crippen molar-refractivity contribution in [1.29, 1.82) is 0 Å². The van der Waals surface area contributed by atoms with E-state index in [0.29, 0.717) is 10.6 Å². The molecule has 0 amide bonds. The Labute approximate surface area is 95.0 Å². The van der Waals surface area contributed by atoms with Crippen LogP contribution in [0, 0.1) is 11.8 Å². The normalized spacial score (nSPS) is 9.00. The van der Waals surface area contributed by atoms with Gasteiger partial charge in [-0.25, -0.2) is 0 Å². The Morgan fingerprint density at radius 1 is 1.50 bits per heavy atom. The quantitative estimate of drug-likeness (QED) is 0.799. The molecule has 72 valence electrons. The van der Waals surface area contributed by atoms with Gasteiger partial charge in [0.2, 0.25) is 0 Å². The lowest BCUT2D eigenvalue weighted by Gasteiger charge is -1.94. The van der Waals surface area contributed by atoms with E-state index in [0.717, 1.165) is 4.47 Å². The first-order valence-electron chi connectivity index (χ1n) is 3.74. The molecule has 4 heteroatoms. The highest BCUT2D eigenvalue weighted by Crippen LogP contribution is 2.18. The number of halogens is 2. The molecule has 0 bridgehead atoms. The average molecular weight is 274 g/mol. The molecule has 1 aromatic rings. The highest BCUT2D eigenvalue weighted by molar-refractivity contribution is 9.10. The van der Waals surface area contributed by atoms with Gasteiger partial charge in [-0.3, -0.25) is 4.79 Å². The van der Waals surface area contributed by atoms with Crippen molar-refractivity contribution < 1.29 is 9.90 Å². The van der Waals surface area contributed by atoms with E-state index in [1.165, 1.54) is 0 Å². The first-order valence-corrected chi connectivity index (χ1v) is 4.92. The third-order valence-corrected chi connectivity index (χ3v) is 2.01. The number of rotatable bonds is 1. The molecule has 0 fully saturated rings. The maximum Gasteiger partial charge on any atom is 0.315 e. The van der Waals surface area contributed by atoms with Crippen LogP contribution in [0.1, 0.15) is 12.0 Å². The summed E-state index contributed by atoms with van der Waals surface area (Å²) in [6, 6.07) is 5.20. The zero-order chi connectivity index (χ0) is 10.6. The summed E-state index contributed by atoms with van der Waals surface area (Å²) in [5.41, 5.74) is 0.700. The number of carbonyl (C=O) groups is 1. The first-order chi connectivity index (χ1) is 6.58. The fourth-order valence-electron chi connectivity index (χ4n) is 0.848. The number of carboxylic acids is 1. The molecule has 14 heavy (non-hydrogen) atoms. The largest absolute Gasteiger partial charge is 0.481 e. The molecule has 0 atom stereocenters. The van der Waals surface area contributed by atoms with Gasteiger partial charge in [0.25, 0.3) is 0 Å². The summed E-state index contributed by atoms with van der Waals surface area (Å²) >= 11 is 9.04. The molecular formula is C10H6BrClO2. The van der Waals surface area contributed by atoms with E-state index < -0.39 is 5.97 Å². The van der Waals surface area contributed by atoms with Gasteiger partial charge in [0, 0.05) is 15.1 Å². The maximum absolute atomic E-state index is 10.2. The molecule has 2 nitrogen and oxygen atoms in total. The monoisotopic (exact) mass is 272 g/mol. The molecule has 0 aliphatic heterocycles. The van der Waals surface area contributed by atoms with Crippen LogP contribution < -0.4 is 0 Å². The molecule has 1 aromatic carbocycles. The second-order valence-electron chi connectivity index (χ2n) is 2.53. The van der Waals surface area contributed by atoms with Gasteiger partial charge in [-0.1, -0.05) is 39.4 Å². The molecular weight excluding hydrogens is 267 g/mol. The van der Waals surface area contributed by atoms with Gasteiger partial charge in [0.15, 0.2) is 0 Å². The minimum atomic E-state index is -0.932. The van der Waals surface area contributed by atoms with Crippen LogP contribution in [0.5, 0.6) is 0 Å². The zero-order valence-corrected chi connectivity index (χ0v) is 9.39. The summed E-state index contributed by atoms with van der Waals surface area (Å²) in [7, 11) is 0. The Morgan fingerprint density at radius 2 is 2.21 bits per heavy atom. The molecule has 0 aromatic heterocycles. The van der Waals surface area contributed by atoms with Crippen LogP contribution in [-0.4, -0.2) is 11.1 Å². The van der Waals surface area contributed by atoms with Crippen LogP contribution in [0.15, 0.2) is 22.7 Å². The molecule has 0 saturated heterocycles. The van der Waals surface area contributed by atoms with E-state index in [1.807, 2.05) is 0 Å². The van der Waals surface area contributed by atoms with Crippen LogP contribution in [0.4, 0.5) is 0 Å². The lowest BCUT2D eigenvalue weighted by molar-refractivity contribution is -0.135. The molecule has 0 spiro atoms. The standard InChI is InChI=1S/C10H6BrClO2/c11-8-4-7(5-9(12)6-8)2-1-3-10(13)14/h4-6H,3H2,(H,13,14). The fourth-order valence-corrected chi connectivity index (χ4v) is 1.71. The molecule has 0 aliphatic carbocycles. The van der Waals surface area contributed by atoms with Crippen molar-refractivity contribution in [3.05, 3.63) is 33.3 Å². The number of hydrogen-bond acceptors (Lipinski definition) is 1. The summed E-state index contributed by atoms with van der Waals surface area (Å²) in [6.07, 6.45) is -0.163. The molecule has 0 radical (unpaired) electrons. The number of hydrogen-bond donors (Lipinski definition) is 1. The maximum atomic E-state index is 10.2. The van der Waals surface area contributed by atoms with Crippen LogP contribution in [0.3, 0.4) is 0 Å². The highest BCUT2D eigenvalue weighted by atomic mass is 79.9. The molecule has 1 rings (SSSR count). The molecule has 0 unspecified atom stereocenters. The lowest BCUT2D eigenvalue weighted by atomic mass is 10.2. The summed E-state index contributed by atoms with van der Waals surface area (Å²) < 4.78 is 0.824. The van der Waals surface area contributed by atoms with E-state index in [2.05, 4.69) is 27.8 Å². The van der Waals surface area contributed by atoms with Crippen LogP contribution >= 0.6 is 27.5 Å². The summed E-state index contributed by atoms with van der Waals surface area (Å²) in [6.45, 7) is 0. The van der Waals surface area contributed by atoms with E-state index in [9.17, 15) is 4.79 Å². The van der Waals surface area contributed by atoms with Crippen LogP contribution in [-0.2, 0) is 4.79 Å². The SMILES string of the molecule is O=C(O)CC#Cc1cc(Cl)cc(Br)c1. The Balaban J connectivity index is 2.84. The molecule has 0 aliphatic rings. The smallest absolute Gasteiger partial charge is 0.315 e. The van der Waals surface area contributed by atoms with E-state index in [4.69, 9.17) is 16.7 Å². The van der Waals surface area contributed by atoms with Gasteiger partial charge in [0.1, 0.15) is 6.42 Å². The van der Waals surface area contributed by atoms with Crippen molar-refractivity contribution >= 4 is 33.5 Å². The van der Waals surface area contributed by atoms with Crippen molar-refractivity contribution in [1.82, 2.24) is 0 Å². The van der Waals surface area contributed by atoms with Gasteiger partial charge in [-0.05, 0) is 18.2 Å². The lowest BCUT2D eigenvalue weighted by Crippen LogP contribution is -1.90. The Hall–Kier alpha value is -0.980. The summed E-state index contributed by atoms with van der Waals surface area (Å²) in [5.74, 6) is 4.31. The summed E-state index contributed by atoms with van der Waals surface area (Å²) in [4.78, 5) is 10.2. The number of benzene rings is 1. The van der Waals surface area contributed by atoms with Crippen molar-refractivity contribution in [2.24, 2.45) is 0 Å². The van der Waals surface area contributed by atoms with E-state index in [-0.39, 0.29) is 6.42 Å². The highest BCUT2D eigenvalue weighted by Gasteiger charge is 1.94. The Morgan fingerprint density at radius 3 is 2.79 bits per heavy atom. The summed E-state index contributed by atoms with van der Waals surface area (Å²) in [5, 5.41) is 8.93.